The van der Waals surface area contributed by atoms with E-state index >= 15 is 0 Å². The van der Waals surface area contributed by atoms with Gasteiger partial charge in [-0.2, -0.15) is 0 Å². The van der Waals surface area contributed by atoms with Crippen molar-refractivity contribution in [1.29, 1.82) is 0 Å². The van der Waals surface area contributed by atoms with Crippen LogP contribution in [0.2, 0.25) is 0 Å². The van der Waals surface area contributed by atoms with Crippen molar-refractivity contribution >= 4 is 29.0 Å². The number of hydrogen-bond acceptors (Lipinski definition) is 4. The van der Waals surface area contributed by atoms with Crippen molar-refractivity contribution < 1.29 is 18.7 Å². The third kappa shape index (κ3) is 4.60. The Bertz CT molecular complexity index is 1100. The lowest BCUT2D eigenvalue weighted by molar-refractivity contribution is -0.123. The van der Waals surface area contributed by atoms with Crippen LogP contribution >= 0.6 is 11.8 Å². The number of hydrogen-bond donors (Lipinski definition) is 0. The van der Waals surface area contributed by atoms with Crippen LogP contribution in [0.25, 0.3) is 6.08 Å². The van der Waals surface area contributed by atoms with Crippen molar-refractivity contribution in [3.05, 3.63) is 106 Å². The monoisotopic (exact) mass is 419 g/mol. The molecule has 0 atom stereocenters. The molecule has 30 heavy (non-hydrogen) atoms. The Morgan fingerprint density at radius 1 is 0.900 bits per heavy atom. The molecule has 0 unspecified atom stereocenters. The summed E-state index contributed by atoms with van der Waals surface area (Å²) < 4.78 is 19.6. The summed E-state index contributed by atoms with van der Waals surface area (Å²) in [7, 11) is 0. The van der Waals surface area contributed by atoms with E-state index in [1.165, 1.54) is 6.07 Å². The number of rotatable bonds is 6. The van der Waals surface area contributed by atoms with E-state index in [0.717, 1.165) is 27.8 Å². The van der Waals surface area contributed by atoms with Gasteiger partial charge in [-0.3, -0.25) is 14.5 Å². The molecular weight excluding hydrogens is 401 g/mol. The van der Waals surface area contributed by atoms with E-state index in [1.54, 1.807) is 24.3 Å². The van der Waals surface area contributed by atoms with E-state index in [-0.39, 0.29) is 6.54 Å². The van der Waals surface area contributed by atoms with Crippen molar-refractivity contribution in [2.24, 2.45) is 0 Å². The Morgan fingerprint density at radius 2 is 1.60 bits per heavy atom. The molecule has 0 N–H and O–H groups in total. The highest BCUT2D eigenvalue weighted by Gasteiger charge is 2.35. The highest BCUT2D eigenvalue weighted by atomic mass is 32.2. The Labute approximate surface area is 178 Å². The van der Waals surface area contributed by atoms with Gasteiger partial charge in [0.1, 0.15) is 18.2 Å². The first kappa shape index (κ1) is 19.9. The van der Waals surface area contributed by atoms with E-state index in [4.69, 9.17) is 4.74 Å². The second-order valence-corrected chi connectivity index (χ2v) is 7.70. The third-order valence-corrected chi connectivity index (χ3v) is 5.49. The van der Waals surface area contributed by atoms with Gasteiger partial charge in [0, 0.05) is 5.56 Å². The van der Waals surface area contributed by atoms with Crippen LogP contribution in [0.3, 0.4) is 0 Å². The van der Waals surface area contributed by atoms with E-state index in [1.807, 2.05) is 54.6 Å². The molecule has 2 amide bonds. The van der Waals surface area contributed by atoms with Gasteiger partial charge in [-0.25, -0.2) is 4.39 Å². The Hall–Kier alpha value is -3.38. The van der Waals surface area contributed by atoms with E-state index in [9.17, 15) is 14.0 Å². The number of benzene rings is 3. The molecule has 0 aliphatic carbocycles. The molecule has 1 aliphatic heterocycles. The summed E-state index contributed by atoms with van der Waals surface area (Å²) in [5, 5.41) is -0.405. The van der Waals surface area contributed by atoms with Gasteiger partial charge in [0.2, 0.25) is 0 Å². The maximum Gasteiger partial charge on any atom is 0.293 e. The molecule has 3 aromatic carbocycles. The van der Waals surface area contributed by atoms with Crippen molar-refractivity contribution in [3.63, 3.8) is 0 Å². The van der Waals surface area contributed by atoms with Crippen molar-refractivity contribution in [2.75, 3.05) is 0 Å². The quantitative estimate of drug-likeness (QED) is 0.485. The molecule has 0 bridgehead atoms. The second-order valence-electron chi connectivity index (χ2n) is 6.70. The maximum atomic E-state index is 13.9. The van der Waals surface area contributed by atoms with Gasteiger partial charge in [0.25, 0.3) is 11.1 Å². The summed E-state index contributed by atoms with van der Waals surface area (Å²) in [6.07, 6.45) is 1.66. The molecule has 0 spiro atoms. The number of carbonyl (C=O) groups excluding carboxylic acids is 2. The van der Waals surface area contributed by atoms with Crippen LogP contribution in [0.4, 0.5) is 9.18 Å². The van der Waals surface area contributed by atoms with Crippen LogP contribution in [0.1, 0.15) is 16.7 Å². The molecule has 1 aliphatic rings. The summed E-state index contributed by atoms with van der Waals surface area (Å²) >= 11 is 0.858. The van der Waals surface area contributed by atoms with Crippen LogP contribution in [0.5, 0.6) is 5.75 Å². The summed E-state index contributed by atoms with van der Waals surface area (Å²) in [5.41, 5.74) is 2.16. The first-order valence-electron chi connectivity index (χ1n) is 9.36. The molecule has 0 aromatic heterocycles. The van der Waals surface area contributed by atoms with Crippen molar-refractivity contribution in [2.45, 2.75) is 13.2 Å². The molecule has 6 heteroatoms. The lowest BCUT2D eigenvalue weighted by Gasteiger charge is -2.12. The molecule has 4 nitrogen and oxygen atoms in total. The Balaban J connectivity index is 1.42. The highest BCUT2D eigenvalue weighted by molar-refractivity contribution is 8.18. The molecule has 4 rings (SSSR count). The largest absolute Gasteiger partial charge is 0.489 e. The lowest BCUT2D eigenvalue weighted by atomic mass is 10.2. The summed E-state index contributed by atoms with van der Waals surface area (Å²) in [5.74, 6) is -0.145. The highest BCUT2D eigenvalue weighted by Crippen LogP contribution is 2.33. The molecule has 0 radical (unpaired) electrons. The first-order valence-corrected chi connectivity index (χ1v) is 10.2. The first-order chi connectivity index (χ1) is 14.6. The van der Waals surface area contributed by atoms with Gasteiger partial charge in [-0.1, -0.05) is 60.7 Å². The number of amides is 2. The molecule has 0 saturated carbocycles. The lowest BCUT2D eigenvalue weighted by Crippen LogP contribution is -2.27. The zero-order valence-corrected chi connectivity index (χ0v) is 16.8. The zero-order valence-electron chi connectivity index (χ0n) is 16.0. The number of thioether (sulfide) groups is 1. The SMILES string of the molecule is O=C1S/C(=C\c2ccc(OCc3ccccc3)cc2)C(=O)N1Cc1ccccc1F. The number of nitrogens with zero attached hydrogens (tertiary/aromatic N) is 1. The average molecular weight is 419 g/mol. The maximum absolute atomic E-state index is 13.9. The smallest absolute Gasteiger partial charge is 0.293 e. The minimum atomic E-state index is -0.438. The number of ether oxygens (including phenoxy) is 1. The fraction of sp³-hybridized carbons (Fsp3) is 0.0833. The van der Waals surface area contributed by atoms with Crippen LogP contribution in [-0.2, 0) is 17.9 Å². The van der Waals surface area contributed by atoms with Gasteiger partial charge >= 0.3 is 0 Å². The van der Waals surface area contributed by atoms with E-state index in [0.29, 0.717) is 22.8 Å². The standard InChI is InChI=1S/C24H18FNO3S/c25-21-9-5-4-8-19(21)15-26-23(27)22(30-24(26)28)14-17-10-12-20(13-11-17)29-16-18-6-2-1-3-7-18/h1-14H,15-16H2/b22-14-. The molecule has 1 fully saturated rings. The predicted octanol–water partition coefficient (Wildman–Crippen LogP) is 5.64. The van der Waals surface area contributed by atoms with Gasteiger partial charge < -0.3 is 4.74 Å². The van der Waals surface area contributed by atoms with Crippen LogP contribution in [0.15, 0.2) is 83.8 Å². The summed E-state index contributed by atoms with van der Waals surface area (Å²) in [6.45, 7) is 0.385. The predicted molar refractivity (Wildman–Crippen MR) is 115 cm³/mol. The molecule has 1 saturated heterocycles. The van der Waals surface area contributed by atoms with E-state index < -0.39 is 17.0 Å². The molecule has 150 valence electrons. The normalized spacial score (nSPS) is 15.1. The van der Waals surface area contributed by atoms with Crippen LogP contribution < -0.4 is 4.74 Å². The number of halogens is 1. The van der Waals surface area contributed by atoms with Gasteiger partial charge in [0.05, 0.1) is 11.4 Å². The number of imide groups is 1. The fourth-order valence-corrected chi connectivity index (χ4v) is 3.82. The van der Waals surface area contributed by atoms with Gasteiger partial charge in [-0.15, -0.1) is 0 Å². The van der Waals surface area contributed by atoms with Crippen LogP contribution in [0, 0.1) is 5.82 Å². The minimum Gasteiger partial charge on any atom is -0.489 e. The van der Waals surface area contributed by atoms with E-state index in [2.05, 4.69) is 0 Å². The second kappa shape index (κ2) is 8.97. The summed E-state index contributed by atoms with van der Waals surface area (Å²) in [6, 6.07) is 23.3. The Morgan fingerprint density at radius 3 is 2.33 bits per heavy atom. The van der Waals surface area contributed by atoms with Crippen LogP contribution in [-0.4, -0.2) is 16.0 Å². The topological polar surface area (TPSA) is 46.6 Å². The third-order valence-electron chi connectivity index (χ3n) is 4.59. The van der Waals surface area contributed by atoms with Gasteiger partial charge in [-0.05, 0) is 47.2 Å². The molecular formula is C24H18FNO3S. The summed E-state index contributed by atoms with van der Waals surface area (Å²) in [4.78, 5) is 26.3. The van der Waals surface area contributed by atoms with Crippen molar-refractivity contribution in [1.82, 2.24) is 4.90 Å². The average Bonchev–Trinajstić information content (AvgIpc) is 3.03. The van der Waals surface area contributed by atoms with Crippen molar-refractivity contribution in [3.8, 4) is 5.75 Å². The molecule has 3 aromatic rings. The zero-order chi connectivity index (χ0) is 20.9. The number of carbonyl (C=O) groups is 2. The fourth-order valence-electron chi connectivity index (χ4n) is 2.99. The minimum absolute atomic E-state index is 0.0824. The molecule has 1 heterocycles. The Kier molecular flexibility index (Phi) is 5.95. The van der Waals surface area contributed by atoms with Gasteiger partial charge in [0.15, 0.2) is 0 Å².